The molecule has 2 heterocycles. The molecule has 0 spiro atoms. The quantitative estimate of drug-likeness (QED) is 0.680. The van der Waals surface area contributed by atoms with Crippen LogP contribution in [-0.4, -0.2) is 19.1 Å². The molecule has 0 radical (unpaired) electrons. The fraction of sp³-hybridized carbons (Fsp3) is 0.200. The van der Waals surface area contributed by atoms with Crippen molar-refractivity contribution in [1.29, 1.82) is 0 Å². The molecular weight excluding hydrogens is 367 g/mol. The van der Waals surface area contributed by atoms with E-state index in [1.807, 2.05) is 0 Å². The highest BCUT2D eigenvalue weighted by Crippen LogP contribution is 2.15. The Morgan fingerprint density at radius 3 is 2.74 bits per heavy atom. The van der Waals surface area contributed by atoms with E-state index in [0.717, 1.165) is 4.57 Å². The maximum atomic E-state index is 14.0. The van der Waals surface area contributed by atoms with Crippen molar-refractivity contribution in [3.05, 3.63) is 66.9 Å². The third-order valence-corrected chi connectivity index (χ3v) is 4.04. The maximum absolute atomic E-state index is 14.0. The van der Waals surface area contributed by atoms with Gasteiger partial charge in [0.15, 0.2) is 5.65 Å². The number of halogens is 2. The molecule has 0 atom stereocenters. The Bertz CT molecular complexity index is 1040. The summed E-state index contributed by atoms with van der Waals surface area (Å²) in [5, 5.41) is 0.218. The predicted octanol–water partition coefficient (Wildman–Crippen LogP) is 1.75. The fourth-order valence-electron chi connectivity index (χ4n) is 2.33. The molecule has 3 rings (SSSR count). The van der Waals surface area contributed by atoms with Crippen molar-refractivity contribution in [3.8, 4) is 0 Å². The van der Waals surface area contributed by atoms with Gasteiger partial charge in [-0.1, -0.05) is 22.0 Å². The average Bonchev–Trinajstić information content (AvgIpc) is 2.51. The molecule has 23 heavy (non-hydrogen) atoms. The minimum Gasteiger partial charge on any atom is -0.280 e. The van der Waals surface area contributed by atoms with Gasteiger partial charge in [0.2, 0.25) is 0 Å². The van der Waals surface area contributed by atoms with Crippen molar-refractivity contribution in [1.82, 2.24) is 19.1 Å². The lowest BCUT2D eigenvalue weighted by molar-refractivity contribution is 0.581. The molecule has 118 valence electrons. The predicted molar refractivity (Wildman–Crippen MR) is 87.0 cm³/mol. The van der Waals surface area contributed by atoms with Gasteiger partial charge in [0.1, 0.15) is 17.0 Å². The molecular formula is C15H12BrFN4O2. The Labute approximate surface area is 138 Å². The second-order valence-corrected chi connectivity index (χ2v) is 6.04. The second kappa shape index (κ2) is 5.69. The van der Waals surface area contributed by atoms with Crippen LogP contribution in [0.4, 0.5) is 4.39 Å². The van der Waals surface area contributed by atoms with E-state index in [9.17, 15) is 14.0 Å². The summed E-state index contributed by atoms with van der Waals surface area (Å²) in [5.41, 5.74) is -0.576. The van der Waals surface area contributed by atoms with E-state index in [2.05, 4.69) is 25.9 Å². The van der Waals surface area contributed by atoms with Gasteiger partial charge < -0.3 is 0 Å². The zero-order valence-electron chi connectivity index (χ0n) is 12.4. The molecule has 0 fully saturated rings. The summed E-state index contributed by atoms with van der Waals surface area (Å²) >= 11 is 3.17. The lowest BCUT2D eigenvalue weighted by atomic mass is 10.2. The Kier molecular flexibility index (Phi) is 3.85. The molecule has 0 aliphatic rings. The molecule has 8 heteroatoms. The molecule has 6 nitrogen and oxygen atoms in total. The van der Waals surface area contributed by atoms with E-state index in [-0.39, 0.29) is 23.1 Å². The SMILES string of the molecule is Cc1ncc2c(=O)n(Cc3ccc(Br)cc3F)c(=O)n(C)c2n1. The number of benzene rings is 1. The minimum atomic E-state index is -0.553. The number of aromatic nitrogens is 4. The summed E-state index contributed by atoms with van der Waals surface area (Å²) in [5.74, 6) is -0.0304. The highest BCUT2D eigenvalue weighted by molar-refractivity contribution is 9.10. The smallest absolute Gasteiger partial charge is 0.280 e. The highest BCUT2D eigenvalue weighted by Gasteiger charge is 2.14. The van der Waals surface area contributed by atoms with Crippen LogP contribution < -0.4 is 11.2 Å². The molecule has 0 amide bonds. The van der Waals surface area contributed by atoms with Gasteiger partial charge in [-0.25, -0.2) is 19.2 Å². The van der Waals surface area contributed by atoms with Gasteiger partial charge in [0.05, 0.1) is 6.54 Å². The number of aryl methyl sites for hydroxylation is 2. The Morgan fingerprint density at radius 1 is 1.30 bits per heavy atom. The number of nitrogens with zero attached hydrogens (tertiary/aromatic N) is 4. The van der Waals surface area contributed by atoms with Crippen molar-refractivity contribution in [2.75, 3.05) is 0 Å². The monoisotopic (exact) mass is 378 g/mol. The summed E-state index contributed by atoms with van der Waals surface area (Å²) in [4.78, 5) is 33.1. The molecule has 2 aromatic heterocycles. The molecule has 3 aromatic rings. The van der Waals surface area contributed by atoms with Crippen molar-refractivity contribution in [2.45, 2.75) is 13.5 Å². The van der Waals surface area contributed by atoms with Crippen LogP contribution in [0, 0.1) is 12.7 Å². The van der Waals surface area contributed by atoms with Crippen LogP contribution in [0.3, 0.4) is 0 Å². The van der Waals surface area contributed by atoms with Crippen LogP contribution in [-0.2, 0) is 13.6 Å². The largest absolute Gasteiger partial charge is 0.332 e. The van der Waals surface area contributed by atoms with Gasteiger partial charge >= 0.3 is 5.69 Å². The van der Waals surface area contributed by atoms with Crippen LogP contribution in [0.5, 0.6) is 0 Å². The fourth-order valence-corrected chi connectivity index (χ4v) is 2.66. The summed E-state index contributed by atoms with van der Waals surface area (Å²) in [6.45, 7) is 1.51. The van der Waals surface area contributed by atoms with E-state index in [4.69, 9.17) is 0 Å². The van der Waals surface area contributed by atoms with E-state index < -0.39 is 17.1 Å². The average molecular weight is 379 g/mol. The Hall–Kier alpha value is -2.35. The Balaban J connectivity index is 2.24. The molecule has 0 aliphatic heterocycles. The number of hydrogen-bond acceptors (Lipinski definition) is 4. The number of rotatable bonds is 2. The Morgan fingerprint density at radius 2 is 2.04 bits per heavy atom. The van der Waals surface area contributed by atoms with Gasteiger partial charge in [-0.05, 0) is 19.1 Å². The molecule has 0 N–H and O–H groups in total. The first-order valence-electron chi connectivity index (χ1n) is 6.75. The zero-order valence-corrected chi connectivity index (χ0v) is 14.0. The van der Waals surface area contributed by atoms with Crippen LogP contribution >= 0.6 is 15.9 Å². The van der Waals surface area contributed by atoms with Gasteiger partial charge in [0.25, 0.3) is 5.56 Å². The van der Waals surface area contributed by atoms with Gasteiger partial charge in [0, 0.05) is 23.3 Å². The van der Waals surface area contributed by atoms with E-state index in [1.165, 1.54) is 29.9 Å². The van der Waals surface area contributed by atoms with E-state index in [0.29, 0.717) is 10.3 Å². The van der Waals surface area contributed by atoms with Crippen LogP contribution in [0.1, 0.15) is 11.4 Å². The van der Waals surface area contributed by atoms with Crippen LogP contribution in [0.25, 0.3) is 11.0 Å². The second-order valence-electron chi connectivity index (χ2n) is 5.12. The van der Waals surface area contributed by atoms with Crippen molar-refractivity contribution in [2.24, 2.45) is 7.05 Å². The van der Waals surface area contributed by atoms with Crippen molar-refractivity contribution in [3.63, 3.8) is 0 Å². The number of hydrogen-bond donors (Lipinski definition) is 0. The van der Waals surface area contributed by atoms with E-state index >= 15 is 0 Å². The van der Waals surface area contributed by atoms with Crippen LogP contribution in [0.2, 0.25) is 0 Å². The topological polar surface area (TPSA) is 69.8 Å². The summed E-state index contributed by atoms with van der Waals surface area (Å²) in [6, 6.07) is 4.47. The summed E-state index contributed by atoms with van der Waals surface area (Å²) in [6.07, 6.45) is 1.38. The van der Waals surface area contributed by atoms with Gasteiger partial charge in [-0.3, -0.25) is 13.9 Å². The molecule has 0 aliphatic carbocycles. The third-order valence-electron chi connectivity index (χ3n) is 3.54. The standard InChI is InChI=1S/C15H12BrFN4O2/c1-8-18-6-11-13(19-8)20(2)15(23)21(14(11)22)7-9-3-4-10(16)5-12(9)17/h3-6H,7H2,1-2H3. The van der Waals surface area contributed by atoms with E-state index in [1.54, 1.807) is 13.0 Å². The first-order valence-corrected chi connectivity index (χ1v) is 7.55. The molecule has 1 aromatic carbocycles. The van der Waals surface area contributed by atoms with Crippen molar-refractivity contribution >= 4 is 27.0 Å². The molecule has 0 saturated carbocycles. The molecule has 0 unspecified atom stereocenters. The van der Waals surface area contributed by atoms with Gasteiger partial charge in [-0.2, -0.15) is 0 Å². The first-order chi connectivity index (χ1) is 10.9. The number of fused-ring (bicyclic) bond motifs is 1. The lowest BCUT2D eigenvalue weighted by Gasteiger charge is -2.11. The third kappa shape index (κ3) is 2.70. The highest BCUT2D eigenvalue weighted by atomic mass is 79.9. The molecule has 0 saturated heterocycles. The lowest BCUT2D eigenvalue weighted by Crippen LogP contribution is -2.40. The maximum Gasteiger partial charge on any atom is 0.332 e. The zero-order chi connectivity index (χ0) is 16.7. The molecule has 0 bridgehead atoms. The van der Waals surface area contributed by atoms with Crippen molar-refractivity contribution < 1.29 is 4.39 Å². The summed E-state index contributed by atoms with van der Waals surface area (Å²) < 4.78 is 16.8. The van der Waals surface area contributed by atoms with Crippen LogP contribution in [0.15, 0.2) is 38.5 Å². The first kappa shape index (κ1) is 15.5. The van der Waals surface area contributed by atoms with Gasteiger partial charge in [-0.15, -0.1) is 0 Å². The summed E-state index contributed by atoms with van der Waals surface area (Å²) in [7, 11) is 1.52. The normalized spacial score (nSPS) is 11.1. The minimum absolute atomic E-state index is 0.158.